The monoisotopic (exact) mass is 306 g/mol. The number of rotatable bonds is 6. The van der Waals surface area contributed by atoms with E-state index in [1.165, 1.54) is 17.3 Å². The van der Waals surface area contributed by atoms with Crippen LogP contribution in [0.1, 0.15) is 18.1 Å². The van der Waals surface area contributed by atoms with E-state index >= 15 is 0 Å². The van der Waals surface area contributed by atoms with Gasteiger partial charge in [-0.2, -0.15) is 4.98 Å². The molecule has 7 heteroatoms. The van der Waals surface area contributed by atoms with E-state index in [-0.39, 0.29) is 11.9 Å². The summed E-state index contributed by atoms with van der Waals surface area (Å²) in [5.41, 5.74) is 2.34. The van der Waals surface area contributed by atoms with E-state index in [2.05, 4.69) is 38.7 Å². The zero-order valence-corrected chi connectivity index (χ0v) is 13.1. The fourth-order valence-electron chi connectivity index (χ4n) is 1.67. The molecule has 0 radical (unpaired) electrons. The maximum absolute atomic E-state index is 11.9. The molecule has 2 N–H and O–H groups in total. The van der Waals surface area contributed by atoms with Gasteiger partial charge in [0.2, 0.25) is 11.9 Å². The van der Waals surface area contributed by atoms with E-state index in [0.29, 0.717) is 18.3 Å². The van der Waals surface area contributed by atoms with E-state index in [1.807, 2.05) is 20.8 Å². The van der Waals surface area contributed by atoms with Crippen molar-refractivity contribution in [2.75, 3.05) is 17.7 Å². The zero-order chi connectivity index (χ0) is 15.2. The van der Waals surface area contributed by atoms with Gasteiger partial charge >= 0.3 is 6.01 Å². The molecule has 2 aromatic rings. The van der Waals surface area contributed by atoms with E-state index < -0.39 is 0 Å². The Morgan fingerprint density at radius 3 is 3.00 bits per heavy atom. The first-order valence-corrected chi connectivity index (χ1v) is 7.62. The third-order valence-electron chi connectivity index (χ3n) is 2.70. The van der Waals surface area contributed by atoms with Gasteiger partial charge in [-0.3, -0.25) is 10.1 Å². The minimum absolute atomic E-state index is 0.139. The molecule has 1 heterocycles. The molecule has 1 aromatic carbocycles. The van der Waals surface area contributed by atoms with Gasteiger partial charge in [-0.25, -0.2) is 5.10 Å². The number of thioether (sulfide) groups is 1. The van der Waals surface area contributed by atoms with Gasteiger partial charge in [-0.1, -0.05) is 17.7 Å². The Hall–Kier alpha value is -2.02. The van der Waals surface area contributed by atoms with Gasteiger partial charge in [0.15, 0.2) is 0 Å². The van der Waals surface area contributed by atoms with Gasteiger partial charge in [0.05, 0.1) is 12.4 Å². The summed E-state index contributed by atoms with van der Waals surface area (Å²) < 4.78 is 5.12. The number of aromatic amines is 1. The van der Waals surface area contributed by atoms with Crippen molar-refractivity contribution in [2.24, 2.45) is 0 Å². The number of ether oxygens (including phenoxy) is 1. The fourth-order valence-corrected chi connectivity index (χ4v) is 2.59. The number of H-pyrrole nitrogens is 1. The highest BCUT2D eigenvalue weighted by Crippen LogP contribution is 2.23. The summed E-state index contributed by atoms with van der Waals surface area (Å²) >= 11 is 1.50. The van der Waals surface area contributed by atoms with Crippen molar-refractivity contribution in [3.63, 3.8) is 0 Å². The molecule has 0 fully saturated rings. The van der Waals surface area contributed by atoms with Crippen molar-refractivity contribution in [2.45, 2.75) is 25.7 Å². The first kappa shape index (κ1) is 15.4. The zero-order valence-electron chi connectivity index (χ0n) is 12.3. The molecule has 0 bridgehead atoms. The second-order valence-electron chi connectivity index (χ2n) is 4.51. The van der Waals surface area contributed by atoms with Gasteiger partial charge in [0, 0.05) is 4.90 Å². The summed E-state index contributed by atoms with van der Waals surface area (Å²) in [7, 11) is 0. The maximum Gasteiger partial charge on any atom is 0.337 e. The summed E-state index contributed by atoms with van der Waals surface area (Å²) in [5.74, 6) is 0.472. The van der Waals surface area contributed by atoms with Crippen LogP contribution in [0.5, 0.6) is 6.01 Å². The smallest absolute Gasteiger partial charge is 0.337 e. The molecule has 0 saturated carbocycles. The second-order valence-corrected chi connectivity index (χ2v) is 5.52. The average Bonchev–Trinajstić information content (AvgIpc) is 2.87. The molecule has 6 nitrogen and oxygen atoms in total. The van der Waals surface area contributed by atoms with Crippen molar-refractivity contribution in [1.29, 1.82) is 0 Å². The number of anilines is 1. The standard InChI is InChI=1S/C14H18N4O2S/c1-4-20-14-16-13(17-18-14)15-12(19)8-21-11-7-9(2)5-6-10(11)3/h5-7H,4,8H2,1-3H3,(H2,15,16,17,18,19). The number of hydrogen-bond acceptors (Lipinski definition) is 5. The Balaban J connectivity index is 1.88. The molecule has 1 aromatic heterocycles. The van der Waals surface area contributed by atoms with E-state index in [0.717, 1.165) is 10.5 Å². The van der Waals surface area contributed by atoms with Gasteiger partial charge in [0.1, 0.15) is 0 Å². The predicted octanol–water partition coefficient (Wildman–Crippen LogP) is 2.55. The van der Waals surface area contributed by atoms with Crippen LogP contribution in [0.25, 0.3) is 0 Å². The Kier molecular flexibility index (Phi) is 5.21. The lowest BCUT2D eigenvalue weighted by atomic mass is 10.2. The van der Waals surface area contributed by atoms with E-state index in [9.17, 15) is 4.79 Å². The molecule has 112 valence electrons. The molecule has 0 aliphatic carbocycles. The number of amides is 1. The number of carbonyl (C=O) groups excluding carboxylic acids is 1. The van der Waals surface area contributed by atoms with Crippen LogP contribution < -0.4 is 10.1 Å². The molecule has 2 rings (SSSR count). The molecular formula is C14H18N4O2S. The van der Waals surface area contributed by atoms with Crippen LogP contribution >= 0.6 is 11.8 Å². The van der Waals surface area contributed by atoms with Crippen LogP contribution in [0, 0.1) is 13.8 Å². The summed E-state index contributed by atoms with van der Waals surface area (Å²) in [5, 5.41) is 9.09. The topological polar surface area (TPSA) is 79.9 Å². The maximum atomic E-state index is 11.9. The van der Waals surface area contributed by atoms with Crippen LogP contribution in [-0.2, 0) is 4.79 Å². The fraction of sp³-hybridized carbons (Fsp3) is 0.357. The minimum Gasteiger partial charge on any atom is -0.463 e. The van der Waals surface area contributed by atoms with Crippen LogP contribution in [-0.4, -0.2) is 33.4 Å². The molecule has 0 saturated heterocycles. The van der Waals surface area contributed by atoms with Crippen LogP contribution in [0.2, 0.25) is 0 Å². The Morgan fingerprint density at radius 2 is 2.24 bits per heavy atom. The molecule has 1 amide bonds. The highest BCUT2D eigenvalue weighted by atomic mass is 32.2. The number of hydrogen-bond donors (Lipinski definition) is 2. The molecule has 0 atom stereocenters. The van der Waals surface area contributed by atoms with Crippen LogP contribution in [0.3, 0.4) is 0 Å². The first-order chi connectivity index (χ1) is 10.1. The van der Waals surface area contributed by atoms with Crippen molar-refractivity contribution in [3.8, 4) is 6.01 Å². The van der Waals surface area contributed by atoms with Crippen LogP contribution in [0.4, 0.5) is 5.95 Å². The van der Waals surface area contributed by atoms with Crippen molar-refractivity contribution < 1.29 is 9.53 Å². The van der Waals surface area contributed by atoms with Gasteiger partial charge in [-0.15, -0.1) is 16.9 Å². The molecule has 0 aliphatic rings. The van der Waals surface area contributed by atoms with Gasteiger partial charge in [0.25, 0.3) is 0 Å². The molecule has 0 spiro atoms. The number of benzene rings is 1. The summed E-state index contributed by atoms with van der Waals surface area (Å²) in [6.07, 6.45) is 0. The summed E-state index contributed by atoms with van der Waals surface area (Å²) in [6, 6.07) is 6.42. The van der Waals surface area contributed by atoms with Crippen molar-refractivity contribution >= 4 is 23.6 Å². The Bertz CT molecular complexity index is 627. The highest BCUT2D eigenvalue weighted by molar-refractivity contribution is 8.00. The predicted molar refractivity (Wildman–Crippen MR) is 82.8 cm³/mol. The van der Waals surface area contributed by atoms with E-state index in [4.69, 9.17) is 4.74 Å². The lowest BCUT2D eigenvalue weighted by molar-refractivity contribution is -0.113. The largest absolute Gasteiger partial charge is 0.463 e. The average molecular weight is 306 g/mol. The highest BCUT2D eigenvalue weighted by Gasteiger charge is 2.09. The van der Waals surface area contributed by atoms with Gasteiger partial charge < -0.3 is 4.74 Å². The number of carbonyl (C=O) groups is 1. The second kappa shape index (κ2) is 7.12. The lowest BCUT2D eigenvalue weighted by Crippen LogP contribution is -2.15. The third-order valence-corrected chi connectivity index (χ3v) is 3.86. The molecule has 21 heavy (non-hydrogen) atoms. The molecule has 0 aliphatic heterocycles. The molecule has 0 unspecified atom stereocenters. The number of aryl methyl sites for hydroxylation is 2. The summed E-state index contributed by atoms with van der Waals surface area (Å²) in [4.78, 5) is 17.0. The number of nitrogens with zero attached hydrogens (tertiary/aromatic N) is 2. The first-order valence-electron chi connectivity index (χ1n) is 6.63. The minimum atomic E-state index is -0.139. The van der Waals surface area contributed by atoms with Crippen LogP contribution in [0.15, 0.2) is 23.1 Å². The molecular weight excluding hydrogens is 288 g/mol. The number of aromatic nitrogens is 3. The van der Waals surface area contributed by atoms with Crippen molar-refractivity contribution in [1.82, 2.24) is 15.2 Å². The Morgan fingerprint density at radius 1 is 1.43 bits per heavy atom. The SMILES string of the molecule is CCOc1n[nH]c(NC(=O)CSc2cc(C)ccc2C)n1. The summed E-state index contributed by atoms with van der Waals surface area (Å²) in [6.45, 7) is 6.39. The van der Waals surface area contributed by atoms with Gasteiger partial charge in [-0.05, 0) is 32.4 Å². The Labute approximate surface area is 127 Å². The quantitative estimate of drug-likeness (QED) is 0.802. The lowest BCUT2D eigenvalue weighted by Gasteiger charge is -2.06. The van der Waals surface area contributed by atoms with E-state index in [1.54, 1.807) is 0 Å². The number of nitrogens with one attached hydrogen (secondary N) is 2. The third kappa shape index (κ3) is 4.49. The normalized spacial score (nSPS) is 10.4. The van der Waals surface area contributed by atoms with Crippen molar-refractivity contribution in [3.05, 3.63) is 29.3 Å².